The molecular weight excluding hydrogens is 136 g/mol. The zero-order chi connectivity index (χ0) is 8.27. The highest BCUT2D eigenvalue weighted by Crippen LogP contribution is 2.13. The van der Waals surface area contributed by atoms with Crippen LogP contribution in [0.2, 0.25) is 0 Å². The number of hydrogen-bond acceptors (Lipinski definition) is 2. The van der Waals surface area contributed by atoms with Crippen molar-refractivity contribution in [3.05, 3.63) is 11.1 Å². The molecule has 0 spiro atoms. The Morgan fingerprint density at radius 2 is 2.36 bits per heavy atom. The number of nitrogens with one attached hydrogen (secondary N) is 2. The Morgan fingerprint density at radius 1 is 1.64 bits per heavy atom. The molecule has 0 radical (unpaired) electrons. The van der Waals surface area contributed by atoms with E-state index < -0.39 is 0 Å². The molecule has 0 amide bonds. The molecule has 2 heteroatoms. The normalized spacial score (nSPS) is 18.7. The van der Waals surface area contributed by atoms with Gasteiger partial charge in [0.1, 0.15) is 0 Å². The highest BCUT2D eigenvalue weighted by molar-refractivity contribution is 5.98. The lowest BCUT2D eigenvalue weighted by Gasteiger charge is -2.18. The molecule has 0 aromatic rings. The van der Waals surface area contributed by atoms with Crippen LogP contribution in [0.15, 0.2) is 11.1 Å². The average molecular weight is 152 g/mol. The molecule has 0 fully saturated rings. The Labute approximate surface area is 68.2 Å². The molecular formula is C9H16N2. The van der Waals surface area contributed by atoms with Crippen LogP contribution in [0.25, 0.3) is 0 Å². The van der Waals surface area contributed by atoms with E-state index in [1.807, 2.05) is 6.92 Å². The van der Waals surface area contributed by atoms with Crippen LogP contribution in [0.3, 0.4) is 0 Å². The highest BCUT2D eigenvalue weighted by atomic mass is 14.9. The smallest absolute Gasteiger partial charge is 0.0355 e. The van der Waals surface area contributed by atoms with Gasteiger partial charge in [0.2, 0.25) is 0 Å². The van der Waals surface area contributed by atoms with E-state index in [0.717, 1.165) is 31.6 Å². The molecule has 1 aliphatic rings. The first kappa shape index (κ1) is 8.47. The predicted molar refractivity (Wildman–Crippen MR) is 48.2 cm³/mol. The largest absolute Gasteiger partial charge is 0.312 e. The van der Waals surface area contributed by atoms with Crippen LogP contribution >= 0.6 is 0 Å². The maximum absolute atomic E-state index is 7.66. The van der Waals surface area contributed by atoms with Gasteiger partial charge in [-0.2, -0.15) is 0 Å². The van der Waals surface area contributed by atoms with Crippen molar-refractivity contribution in [1.82, 2.24) is 5.32 Å². The van der Waals surface area contributed by atoms with Crippen LogP contribution in [0.5, 0.6) is 0 Å². The summed E-state index contributed by atoms with van der Waals surface area (Å²) < 4.78 is 0. The van der Waals surface area contributed by atoms with Gasteiger partial charge in [0, 0.05) is 12.3 Å². The van der Waals surface area contributed by atoms with Gasteiger partial charge in [-0.1, -0.05) is 12.5 Å². The molecule has 11 heavy (non-hydrogen) atoms. The summed E-state index contributed by atoms with van der Waals surface area (Å²) >= 11 is 0. The van der Waals surface area contributed by atoms with Crippen LogP contribution in [0.1, 0.15) is 26.7 Å². The van der Waals surface area contributed by atoms with Crippen molar-refractivity contribution < 1.29 is 0 Å². The third-order valence-corrected chi connectivity index (χ3v) is 2.21. The summed E-state index contributed by atoms with van der Waals surface area (Å²) in [5, 5.41) is 10.9. The number of rotatable bonds is 2. The second-order valence-electron chi connectivity index (χ2n) is 3.02. The minimum Gasteiger partial charge on any atom is -0.312 e. The van der Waals surface area contributed by atoms with E-state index in [1.54, 1.807) is 0 Å². The van der Waals surface area contributed by atoms with Gasteiger partial charge in [0.15, 0.2) is 0 Å². The summed E-state index contributed by atoms with van der Waals surface area (Å²) in [4.78, 5) is 0. The average Bonchev–Trinajstić information content (AvgIpc) is 2.04. The Balaban J connectivity index is 2.74. The molecule has 0 unspecified atom stereocenters. The van der Waals surface area contributed by atoms with Crippen molar-refractivity contribution in [2.24, 2.45) is 0 Å². The van der Waals surface area contributed by atoms with Gasteiger partial charge in [-0.15, -0.1) is 0 Å². The first-order valence-electron chi connectivity index (χ1n) is 4.22. The molecule has 62 valence electrons. The highest BCUT2D eigenvalue weighted by Gasteiger charge is 2.10. The quantitative estimate of drug-likeness (QED) is 0.581. The van der Waals surface area contributed by atoms with E-state index in [0.29, 0.717) is 0 Å². The predicted octanol–water partition coefficient (Wildman–Crippen LogP) is 1.73. The van der Waals surface area contributed by atoms with E-state index in [2.05, 4.69) is 12.2 Å². The lowest BCUT2D eigenvalue weighted by molar-refractivity contribution is 0.689. The zero-order valence-electron chi connectivity index (χ0n) is 7.33. The van der Waals surface area contributed by atoms with E-state index in [9.17, 15) is 0 Å². The Hall–Kier alpha value is -0.630. The first-order valence-corrected chi connectivity index (χ1v) is 4.22. The molecule has 0 saturated heterocycles. The van der Waals surface area contributed by atoms with Crippen molar-refractivity contribution in [2.75, 3.05) is 13.1 Å². The van der Waals surface area contributed by atoms with E-state index in [-0.39, 0.29) is 0 Å². The Kier molecular flexibility index (Phi) is 2.83. The summed E-state index contributed by atoms with van der Waals surface area (Å²) in [6, 6.07) is 0. The molecule has 0 aromatic carbocycles. The molecule has 2 N–H and O–H groups in total. The minimum atomic E-state index is 0.801. The zero-order valence-corrected chi connectivity index (χ0v) is 7.33. The van der Waals surface area contributed by atoms with Crippen molar-refractivity contribution in [2.45, 2.75) is 26.7 Å². The lowest BCUT2D eigenvalue weighted by Crippen LogP contribution is -2.27. The van der Waals surface area contributed by atoms with Gasteiger partial charge in [-0.05, 0) is 31.9 Å². The third kappa shape index (κ3) is 1.90. The summed E-state index contributed by atoms with van der Waals surface area (Å²) in [6.45, 7) is 6.16. The molecule has 1 aliphatic heterocycles. The van der Waals surface area contributed by atoms with Gasteiger partial charge in [-0.25, -0.2) is 0 Å². The maximum atomic E-state index is 7.66. The second-order valence-corrected chi connectivity index (χ2v) is 3.02. The van der Waals surface area contributed by atoms with Gasteiger partial charge < -0.3 is 10.7 Å². The van der Waals surface area contributed by atoms with E-state index in [4.69, 9.17) is 5.41 Å². The molecule has 2 nitrogen and oxygen atoms in total. The Morgan fingerprint density at radius 3 is 2.91 bits per heavy atom. The van der Waals surface area contributed by atoms with Crippen molar-refractivity contribution in [1.29, 1.82) is 5.41 Å². The second kappa shape index (κ2) is 3.67. The molecule has 0 saturated carbocycles. The van der Waals surface area contributed by atoms with Crippen LogP contribution < -0.4 is 5.32 Å². The molecule has 0 bridgehead atoms. The van der Waals surface area contributed by atoms with E-state index in [1.165, 1.54) is 11.1 Å². The fourth-order valence-corrected chi connectivity index (χ4v) is 1.37. The fraction of sp³-hybridized carbons (Fsp3) is 0.667. The number of hydrogen-bond donors (Lipinski definition) is 2. The van der Waals surface area contributed by atoms with Gasteiger partial charge >= 0.3 is 0 Å². The van der Waals surface area contributed by atoms with Crippen LogP contribution in [0.4, 0.5) is 0 Å². The molecule has 0 aliphatic carbocycles. The fourth-order valence-electron chi connectivity index (χ4n) is 1.37. The van der Waals surface area contributed by atoms with Gasteiger partial charge in [0.25, 0.3) is 0 Å². The SMILES string of the molecule is CCC(=N)C1=C(C)CCNC1. The summed E-state index contributed by atoms with van der Waals surface area (Å²) in [5.41, 5.74) is 3.43. The minimum absolute atomic E-state index is 0.801. The van der Waals surface area contributed by atoms with Crippen molar-refractivity contribution in [3.63, 3.8) is 0 Å². The molecule has 0 aromatic heterocycles. The summed E-state index contributed by atoms with van der Waals surface area (Å²) in [6.07, 6.45) is 1.96. The molecule has 0 atom stereocenters. The van der Waals surface area contributed by atoms with Gasteiger partial charge in [0.05, 0.1) is 0 Å². The van der Waals surface area contributed by atoms with E-state index >= 15 is 0 Å². The molecule has 1 rings (SSSR count). The monoisotopic (exact) mass is 152 g/mol. The summed E-state index contributed by atoms with van der Waals surface area (Å²) in [7, 11) is 0. The lowest BCUT2D eigenvalue weighted by atomic mass is 9.98. The van der Waals surface area contributed by atoms with Crippen LogP contribution in [-0.2, 0) is 0 Å². The first-order chi connectivity index (χ1) is 5.25. The van der Waals surface area contributed by atoms with Crippen LogP contribution in [0, 0.1) is 5.41 Å². The topological polar surface area (TPSA) is 35.9 Å². The molecule has 1 heterocycles. The van der Waals surface area contributed by atoms with Crippen molar-refractivity contribution >= 4 is 5.71 Å². The summed E-state index contributed by atoms with van der Waals surface area (Å²) in [5.74, 6) is 0. The van der Waals surface area contributed by atoms with Crippen LogP contribution in [-0.4, -0.2) is 18.8 Å². The van der Waals surface area contributed by atoms with Gasteiger partial charge in [-0.3, -0.25) is 0 Å². The van der Waals surface area contributed by atoms with Crippen molar-refractivity contribution in [3.8, 4) is 0 Å². The standard InChI is InChI=1S/C9H16N2/c1-3-9(10)8-6-11-5-4-7(8)2/h10-11H,3-6H2,1-2H3. The maximum Gasteiger partial charge on any atom is 0.0355 e. The Bertz CT molecular complexity index is 192. The third-order valence-electron chi connectivity index (χ3n) is 2.21.